The summed E-state index contributed by atoms with van der Waals surface area (Å²) in [7, 11) is 0. The topological polar surface area (TPSA) is 554 Å². The molecule has 0 spiro atoms. The van der Waals surface area contributed by atoms with Crippen molar-refractivity contribution in [3.8, 4) is 0 Å². The molecule has 24 heterocycles. The van der Waals surface area contributed by atoms with E-state index in [0.29, 0.717) is 0 Å². The molecule has 35 nitrogen and oxygen atoms in total. The van der Waals surface area contributed by atoms with Crippen molar-refractivity contribution in [1.29, 1.82) is 0 Å². The second-order valence-electron chi connectivity index (χ2n) is 21.1. The van der Waals surface area contributed by atoms with E-state index in [4.69, 9.17) is 66.3 Å². The van der Waals surface area contributed by atoms with E-state index < -0.39 is 261 Å². The number of ether oxygens (including phenoxy) is 14. The zero-order valence-electron chi connectivity index (χ0n) is 43.1. The molecule has 6 unspecified atom stereocenters. The van der Waals surface area contributed by atoms with Gasteiger partial charge in [-0.1, -0.05) is 0 Å². The fraction of sp³-hybridized carbons (Fsp3) is 1.00. The predicted octanol–water partition coefficient (Wildman–Crippen LogP) is -14.0. The number of hydrogen-bond acceptors (Lipinski definition) is 35. The van der Waals surface area contributed by atoms with Crippen molar-refractivity contribution in [2.75, 3.05) is 52.9 Å². The zero-order valence-corrected chi connectivity index (χ0v) is 43.1. The van der Waals surface area contributed by atoms with Crippen LogP contribution in [-0.2, 0) is 66.3 Å². The summed E-state index contributed by atoms with van der Waals surface area (Å²) in [5, 5.41) is 230. The van der Waals surface area contributed by atoms with Gasteiger partial charge in [0.15, 0.2) is 37.7 Å². The van der Waals surface area contributed by atoms with E-state index in [0.717, 1.165) is 0 Å². The lowest BCUT2D eigenvalue weighted by Crippen LogP contribution is -2.68. The van der Waals surface area contributed by atoms with Crippen LogP contribution in [0.1, 0.15) is 19.3 Å². The highest BCUT2D eigenvalue weighted by molar-refractivity contribution is 5.01. The number of rotatable bonds is 7. The average Bonchev–Trinajstić information content (AvgIpc) is 3.58. The van der Waals surface area contributed by atoms with Crippen molar-refractivity contribution < 1.29 is 174 Å². The van der Waals surface area contributed by atoms with Crippen LogP contribution in [0.5, 0.6) is 0 Å². The summed E-state index contributed by atoms with van der Waals surface area (Å²) in [5.41, 5.74) is 0. The van der Waals surface area contributed by atoms with E-state index in [2.05, 4.69) is 0 Å². The van der Waals surface area contributed by atoms with Crippen LogP contribution in [0.3, 0.4) is 0 Å². The molecule has 35 atom stereocenters. The molecule has 0 aromatic heterocycles. The number of fused-ring (bicyclic) bond motifs is 1. The Kier molecular flexibility index (Phi) is 23.2. The minimum atomic E-state index is -2.21. The molecule has 0 aromatic carbocycles. The third-order valence-corrected chi connectivity index (χ3v) is 15.8. The first-order chi connectivity index (χ1) is 38.7. The molecule has 35 heteroatoms. The Morgan fingerprint density at radius 2 is 0.432 bits per heavy atom. The SMILES string of the molecule is OC[C@H]1O[C@@H]2CCCCO[C@H]3[C@H](O)[C@@H](O)C(O[C@H]4[C@H](O)[C@@H](O)C(O[C@H]5[C@H](O)[C@@H](O)C(O[C@H]6[C@H](O)[C@@H](O)C(O[C@H]7[C@H](O)[C@@H](O)C(O[C@H]8[C@H](O)[C@@H](O)C(O[C@H]1[C@H](O)[C@H]2O)O[C@@H]8CO)O[C@@H]7CO)O[C@@H]6CO)O[C@@H]5CO)O[C@@H]4CO)O[C@@H]3CO. The number of aliphatic hydroxyl groups excluding tert-OH is 21. The second-order valence-corrected chi connectivity index (χ2v) is 21.1. The van der Waals surface area contributed by atoms with Gasteiger partial charge in [-0.2, -0.15) is 0 Å². The third kappa shape index (κ3) is 13.5. The van der Waals surface area contributed by atoms with E-state index in [-0.39, 0.29) is 25.9 Å². The van der Waals surface area contributed by atoms with Crippen LogP contribution in [-0.4, -0.2) is 375 Å². The molecule has 0 amide bonds. The molecule has 0 radical (unpaired) electrons. The Bertz CT molecular complexity index is 1890. The van der Waals surface area contributed by atoms with Gasteiger partial charge in [0, 0.05) is 6.61 Å². The van der Waals surface area contributed by atoms with Gasteiger partial charge in [-0.3, -0.25) is 0 Å². The third-order valence-electron chi connectivity index (χ3n) is 15.8. The number of aliphatic hydroxyl groups is 21. The predicted molar refractivity (Wildman–Crippen MR) is 247 cm³/mol. The van der Waals surface area contributed by atoms with Gasteiger partial charge in [0.2, 0.25) is 0 Å². The molecule has 24 rings (SSSR count). The minimum Gasteiger partial charge on any atom is -0.394 e. The molecule has 0 aromatic rings. The van der Waals surface area contributed by atoms with E-state index in [1.165, 1.54) is 0 Å². The van der Waals surface area contributed by atoms with Crippen molar-refractivity contribution in [3.63, 3.8) is 0 Å². The largest absolute Gasteiger partial charge is 0.394 e. The van der Waals surface area contributed by atoms with Gasteiger partial charge in [-0.25, -0.2) is 0 Å². The Morgan fingerprint density at radius 1 is 0.222 bits per heavy atom. The van der Waals surface area contributed by atoms with Crippen molar-refractivity contribution in [2.24, 2.45) is 0 Å². The second kappa shape index (κ2) is 28.6. The Morgan fingerprint density at radius 3 is 0.679 bits per heavy atom. The molecule has 21 N–H and O–H groups in total. The summed E-state index contributed by atoms with van der Waals surface area (Å²) in [5.74, 6) is 0. The molecule has 24 aliphatic rings. The molecule has 0 saturated carbocycles. The maximum Gasteiger partial charge on any atom is 0.187 e. The van der Waals surface area contributed by atoms with E-state index in [9.17, 15) is 107 Å². The van der Waals surface area contributed by atoms with Gasteiger partial charge < -0.3 is 174 Å². The van der Waals surface area contributed by atoms with Crippen LogP contribution >= 0.6 is 0 Å². The highest BCUT2D eigenvalue weighted by Crippen LogP contribution is 2.38. The Balaban J connectivity index is 1.02. The lowest BCUT2D eigenvalue weighted by molar-refractivity contribution is -0.397. The maximum absolute atomic E-state index is 11.4. The smallest absolute Gasteiger partial charge is 0.187 e. The van der Waals surface area contributed by atoms with Crippen LogP contribution in [0.15, 0.2) is 0 Å². The van der Waals surface area contributed by atoms with Gasteiger partial charge in [-0.15, -0.1) is 0 Å². The van der Waals surface area contributed by atoms with E-state index in [1.807, 2.05) is 0 Å². The molecule has 14 bridgehead atoms. The summed E-state index contributed by atoms with van der Waals surface area (Å²) in [6, 6.07) is 0. The van der Waals surface area contributed by atoms with Crippen LogP contribution in [0.4, 0.5) is 0 Å². The van der Waals surface area contributed by atoms with Crippen LogP contribution < -0.4 is 0 Å². The summed E-state index contributed by atoms with van der Waals surface area (Å²) < 4.78 is 80.2. The fourth-order valence-corrected chi connectivity index (χ4v) is 11.2. The van der Waals surface area contributed by atoms with Gasteiger partial charge >= 0.3 is 0 Å². The Hall–Kier alpha value is -1.40. The van der Waals surface area contributed by atoms with Crippen molar-refractivity contribution in [1.82, 2.24) is 0 Å². The molecule has 24 fully saturated rings. The van der Waals surface area contributed by atoms with E-state index in [1.54, 1.807) is 0 Å². The molecule has 81 heavy (non-hydrogen) atoms. The fourth-order valence-electron chi connectivity index (χ4n) is 11.2. The lowest BCUT2D eigenvalue weighted by Gasteiger charge is -2.50. The molecule has 0 aliphatic carbocycles. The monoisotopic (exact) mass is 1190 g/mol. The lowest BCUT2D eigenvalue weighted by atomic mass is 9.92. The quantitative estimate of drug-likeness (QED) is 0.113. The summed E-state index contributed by atoms with van der Waals surface area (Å²) in [6.45, 7) is -6.92. The van der Waals surface area contributed by atoms with Gasteiger partial charge in [0.1, 0.15) is 171 Å². The molecular weight excluding hydrogens is 1110 g/mol. The summed E-state index contributed by atoms with van der Waals surface area (Å²) in [4.78, 5) is 0. The van der Waals surface area contributed by atoms with Gasteiger partial charge in [0.25, 0.3) is 0 Å². The number of hydrogen-bond donors (Lipinski definition) is 21. The first-order valence-corrected chi connectivity index (χ1v) is 26.6. The van der Waals surface area contributed by atoms with Crippen LogP contribution in [0, 0.1) is 0 Å². The minimum absolute atomic E-state index is 0.00513. The van der Waals surface area contributed by atoms with Crippen LogP contribution in [0.2, 0.25) is 0 Å². The standard InChI is InChI=1S/C46H78O35/c47-5-13-34-22(56)28(62)41(70-13)77-36-15(7-49)72-43(30(64)24(36)58)79-38-17(9-51)74-45(32(66)26(38)60)81-40-19(11-53)75-46(33(67)27(40)61)80-39-18(10-52)73-44(31(65)25(39)59)78-37-16(8-50)71-42(29(63)23(37)57)76-35-14(6-48)69-12(20(54)21(35)55)3-1-2-4-68-34/h12-67H,1-11H2/t12-,13-,14-,15-,16-,17-,18-,19-,20+,21-,22-,23-,24-,25-,26-,27-,28-,29-,30-,31-,32-,33-,34-,35-,36-,37-,38-,39-,40-,41?,42?,43?,44?,45?,46?/m1/s1. The zero-order chi connectivity index (χ0) is 58.9. The van der Waals surface area contributed by atoms with E-state index >= 15 is 0 Å². The highest BCUT2D eigenvalue weighted by atomic mass is 16.8. The first kappa shape index (κ1) is 65.6. The normalized spacial score (nSPS) is 53.8. The Labute approximate surface area is 459 Å². The highest BCUT2D eigenvalue weighted by Gasteiger charge is 2.58. The first-order valence-electron chi connectivity index (χ1n) is 26.6. The molecule has 24 saturated heterocycles. The molecular formula is C46H78O35. The summed E-state index contributed by atoms with van der Waals surface area (Å²) in [6.07, 6.45) is -65.2. The molecule has 472 valence electrons. The maximum atomic E-state index is 11.4. The van der Waals surface area contributed by atoms with Gasteiger partial charge in [0.05, 0.1) is 52.4 Å². The van der Waals surface area contributed by atoms with Crippen molar-refractivity contribution in [3.05, 3.63) is 0 Å². The van der Waals surface area contributed by atoms with Crippen molar-refractivity contribution >= 4 is 0 Å². The average molecular weight is 1190 g/mol. The van der Waals surface area contributed by atoms with Crippen molar-refractivity contribution in [2.45, 2.75) is 234 Å². The summed E-state index contributed by atoms with van der Waals surface area (Å²) >= 11 is 0. The molecule has 24 aliphatic heterocycles. The van der Waals surface area contributed by atoms with Crippen LogP contribution in [0.25, 0.3) is 0 Å². The van der Waals surface area contributed by atoms with Gasteiger partial charge in [-0.05, 0) is 19.3 Å².